The molecule has 2 amide bonds. The normalized spacial score (nSPS) is 15.3. The van der Waals surface area contributed by atoms with Crippen molar-refractivity contribution in [2.45, 2.75) is 51.5 Å². The summed E-state index contributed by atoms with van der Waals surface area (Å²) in [5.41, 5.74) is 2.03. The number of ether oxygens (including phenoxy) is 4. The second-order valence-electron chi connectivity index (χ2n) is 10.7. The Morgan fingerprint density at radius 1 is 1.00 bits per heavy atom. The van der Waals surface area contributed by atoms with Crippen molar-refractivity contribution in [3.8, 4) is 11.5 Å². The highest BCUT2D eigenvalue weighted by Crippen LogP contribution is 2.39. The summed E-state index contributed by atoms with van der Waals surface area (Å²) in [6.45, 7) is 5.49. The molecule has 222 valence electrons. The van der Waals surface area contributed by atoms with Gasteiger partial charge in [-0.3, -0.25) is 4.79 Å². The first kappa shape index (κ1) is 31.0. The van der Waals surface area contributed by atoms with Crippen molar-refractivity contribution in [3.05, 3.63) is 87.4 Å². The molecule has 11 heteroatoms. The highest BCUT2D eigenvalue weighted by Gasteiger charge is 2.34. The molecule has 42 heavy (non-hydrogen) atoms. The van der Waals surface area contributed by atoms with Crippen LogP contribution < -0.4 is 19.7 Å². The molecule has 4 rings (SSSR count). The van der Waals surface area contributed by atoms with E-state index in [1.54, 1.807) is 82.4 Å². The van der Waals surface area contributed by atoms with Crippen LogP contribution in [-0.2, 0) is 32.1 Å². The van der Waals surface area contributed by atoms with Gasteiger partial charge < -0.3 is 29.2 Å². The Labute approximate surface area is 254 Å². The van der Waals surface area contributed by atoms with Crippen LogP contribution >= 0.6 is 23.2 Å². The van der Waals surface area contributed by atoms with Crippen molar-refractivity contribution in [1.82, 2.24) is 5.32 Å². The third kappa shape index (κ3) is 7.66. The fraction of sp³-hybridized carbons (Fsp3) is 0.323. The van der Waals surface area contributed by atoms with E-state index in [1.807, 2.05) is 6.07 Å². The van der Waals surface area contributed by atoms with Crippen molar-refractivity contribution >= 4 is 46.9 Å². The first-order chi connectivity index (χ1) is 19.8. The van der Waals surface area contributed by atoms with E-state index < -0.39 is 29.8 Å². The second kappa shape index (κ2) is 12.9. The van der Waals surface area contributed by atoms with Gasteiger partial charge in [0.1, 0.15) is 29.7 Å². The summed E-state index contributed by atoms with van der Waals surface area (Å²) < 4.78 is 22.1. The van der Waals surface area contributed by atoms with Gasteiger partial charge in [0.05, 0.1) is 22.8 Å². The molecule has 3 aromatic carbocycles. The van der Waals surface area contributed by atoms with E-state index >= 15 is 0 Å². The quantitative estimate of drug-likeness (QED) is 0.298. The number of alkyl carbamates (subject to hydrolysis) is 1. The number of carbonyl (C=O) groups excluding carboxylic acids is 3. The van der Waals surface area contributed by atoms with E-state index in [0.29, 0.717) is 45.0 Å². The Hall–Kier alpha value is -3.95. The Morgan fingerprint density at radius 3 is 2.33 bits per heavy atom. The van der Waals surface area contributed by atoms with Gasteiger partial charge in [0.15, 0.2) is 0 Å². The number of halogens is 2. The summed E-state index contributed by atoms with van der Waals surface area (Å²) in [5, 5.41) is 3.49. The number of rotatable bonds is 8. The first-order valence-corrected chi connectivity index (χ1v) is 13.9. The predicted octanol–water partition coefficient (Wildman–Crippen LogP) is 6.28. The van der Waals surface area contributed by atoms with E-state index in [0.717, 1.165) is 5.56 Å². The maximum atomic E-state index is 13.3. The van der Waals surface area contributed by atoms with Crippen molar-refractivity contribution in [3.63, 3.8) is 0 Å². The predicted molar refractivity (Wildman–Crippen MR) is 159 cm³/mol. The number of hydrogen-bond donors (Lipinski definition) is 1. The Kier molecular flexibility index (Phi) is 9.53. The lowest BCUT2D eigenvalue weighted by molar-refractivity contribution is -0.143. The number of esters is 1. The van der Waals surface area contributed by atoms with Crippen LogP contribution in [0.4, 0.5) is 10.5 Å². The van der Waals surface area contributed by atoms with Gasteiger partial charge in [-0.1, -0.05) is 47.5 Å². The molecule has 2 atom stereocenters. The summed E-state index contributed by atoms with van der Waals surface area (Å²) in [6.07, 6.45) is -1.47. The number of likely N-dealkylation sites (N-methyl/N-ethyl adjacent to an activating group) is 1. The summed E-state index contributed by atoms with van der Waals surface area (Å²) >= 11 is 12.0. The third-order valence-corrected chi connectivity index (χ3v) is 7.11. The van der Waals surface area contributed by atoms with Crippen LogP contribution in [0, 0.1) is 0 Å². The average Bonchev–Trinajstić information content (AvgIpc) is 2.94. The number of anilines is 1. The Bertz CT molecular complexity index is 1470. The molecule has 0 fully saturated rings. The number of hydrogen-bond acceptors (Lipinski definition) is 7. The van der Waals surface area contributed by atoms with Crippen molar-refractivity contribution in [1.29, 1.82) is 0 Å². The van der Waals surface area contributed by atoms with Gasteiger partial charge in [-0.05, 0) is 68.3 Å². The minimum Gasteiger partial charge on any atom is -0.489 e. The van der Waals surface area contributed by atoms with Gasteiger partial charge in [-0.15, -0.1) is 0 Å². The summed E-state index contributed by atoms with van der Waals surface area (Å²) in [5.74, 6) is 0.233. The molecule has 0 radical (unpaired) electrons. The molecule has 1 heterocycles. The topological polar surface area (TPSA) is 103 Å². The molecule has 0 aliphatic carbocycles. The Balaban J connectivity index is 1.44. The standard InChI is InChI=1S/C31H32Cl2N2O7/c1-31(2,3)42-30(38)34-24(29(37)39-5)15-18-7-13-26-25(16-18)35(4)28(36)27(41-26)20-8-10-21(11-9-20)40-17-19-6-12-22(32)23(33)14-19/h6-14,16,24,27H,15,17H2,1-5H3,(H,34,38). The minimum atomic E-state index is -0.987. The van der Waals surface area contributed by atoms with Gasteiger partial charge in [-0.25, -0.2) is 9.59 Å². The summed E-state index contributed by atoms with van der Waals surface area (Å²) in [4.78, 5) is 39.5. The fourth-order valence-corrected chi connectivity index (χ4v) is 4.61. The van der Waals surface area contributed by atoms with Gasteiger partial charge in [0, 0.05) is 19.0 Å². The highest BCUT2D eigenvalue weighted by molar-refractivity contribution is 6.42. The van der Waals surface area contributed by atoms with Crippen LogP contribution in [0.1, 0.15) is 43.6 Å². The zero-order chi connectivity index (χ0) is 30.6. The summed E-state index contributed by atoms with van der Waals surface area (Å²) in [7, 11) is 2.90. The van der Waals surface area contributed by atoms with E-state index in [4.69, 9.17) is 42.1 Å². The molecule has 9 nitrogen and oxygen atoms in total. The van der Waals surface area contributed by atoms with Crippen LogP contribution in [0.2, 0.25) is 10.0 Å². The molecule has 0 bridgehead atoms. The molecule has 0 saturated carbocycles. The molecule has 0 aromatic heterocycles. The zero-order valence-corrected chi connectivity index (χ0v) is 25.4. The van der Waals surface area contributed by atoms with Crippen LogP contribution in [-0.4, -0.2) is 43.8 Å². The molecule has 1 aliphatic rings. The molecule has 1 N–H and O–H groups in total. The minimum absolute atomic E-state index is 0.119. The Morgan fingerprint density at radius 2 is 1.69 bits per heavy atom. The van der Waals surface area contributed by atoms with Gasteiger partial charge >= 0.3 is 12.1 Å². The molecule has 3 aromatic rings. The van der Waals surface area contributed by atoms with Crippen molar-refractivity contribution in [2.75, 3.05) is 19.1 Å². The van der Waals surface area contributed by atoms with E-state index in [1.165, 1.54) is 12.0 Å². The molecule has 0 spiro atoms. The largest absolute Gasteiger partial charge is 0.489 e. The smallest absolute Gasteiger partial charge is 0.408 e. The zero-order valence-electron chi connectivity index (χ0n) is 23.9. The lowest BCUT2D eigenvalue weighted by atomic mass is 10.0. The van der Waals surface area contributed by atoms with Crippen LogP contribution in [0.5, 0.6) is 11.5 Å². The molecule has 1 aliphatic heterocycles. The monoisotopic (exact) mass is 614 g/mol. The van der Waals surface area contributed by atoms with E-state index in [2.05, 4.69) is 5.32 Å². The summed E-state index contributed by atoms with van der Waals surface area (Å²) in [6, 6.07) is 16.7. The van der Waals surface area contributed by atoms with Gasteiger partial charge in [-0.2, -0.15) is 0 Å². The molecule has 2 unspecified atom stereocenters. The number of nitrogens with zero attached hydrogens (tertiary/aromatic N) is 1. The van der Waals surface area contributed by atoms with Crippen LogP contribution in [0.15, 0.2) is 60.7 Å². The fourth-order valence-electron chi connectivity index (χ4n) is 4.29. The maximum Gasteiger partial charge on any atom is 0.408 e. The van der Waals surface area contributed by atoms with Crippen LogP contribution in [0.3, 0.4) is 0 Å². The van der Waals surface area contributed by atoms with Crippen LogP contribution in [0.25, 0.3) is 0 Å². The number of fused-ring (bicyclic) bond motifs is 1. The lowest BCUT2D eigenvalue weighted by Gasteiger charge is -2.32. The van der Waals surface area contributed by atoms with E-state index in [9.17, 15) is 14.4 Å². The number of amides is 2. The number of nitrogens with one attached hydrogen (secondary N) is 1. The molecule has 0 saturated heterocycles. The SMILES string of the molecule is COC(=O)C(Cc1ccc2c(c1)N(C)C(=O)C(c1ccc(OCc3ccc(Cl)c(Cl)c3)cc1)O2)NC(=O)OC(C)(C)C. The highest BCUT2D eigenvalue weighted by atomic mass is 35.5. The molecular formula is C31H32Cl2N2O7. The maximum absolute atomic E-state index is 13.3. The van der Waals surface area contributed by atoms with Crippen molar-refractivity contribution < 1.29 is 33.3 Å². The number of benzene rings is 3. The lowest BCUT2D eigenvalue weighted by Crippen LogP contribution is -2.45. The van der Waals surface area contributed by atoms with E-state index in [-0.39, 0.29) is 12.3 Å². The van der Waals surface area contributed by atoms with Gasteiger partial charge in [0.2, 0.25) is 6.10 Å². The van der Waals surface area contributed by atoms with Gasteiger partial charge in [0.25, 0.3) is 5.91 Å². The third-order valence-electron chi connectivity index (χ3n) is 6.37. The average molecular weight is 616 g/mol. The number of methoxy groups -OCH3 is 1. The second-order valence-corrected chi connectivity index (χ2v) is 11.5. The number of carbonyl (C=O) groups is 3. The molecular weight excluding hydrogens is 583 g/mol. The van der Waals surface area contributed by atoms with Crippen molar-refractivity contribution in [2.24, 2.45) is 0 Å². The first-order valence-electron chi connectivity index (χ1n) is 13.2.